The van der Waals surface area contributed by atoms with Gasteiger partial charge in [0, 0.05) is 19.0 Å². The van der Waals surface area contributed by atoms with E-state index in [2.05, 4.69) is 24.0 Å². The molecular weight excluding hydrogens is 128 g/mol. The fraction of sp³-hybridized carbons (Fsp3) is 0.857. The first-order valence-electron chi connectivity index (χ1n) is 3.52. The third kappa shape index (κ3) is 1.48. The summed E-state index contributed by atoms with van der Waals surface area (Å²) in [4.78, 5) is 6.94. The summed E-state index contributed by atoms with van der Waals surface area (Å²) in [7, 11) is 3.69. The molecule has 1 saturated heterocycles. The Kier molecular flexibility index (Phi) is 2.27. The number of hydrogen-bond donors (Lipinski definition) is 0. The first-order valence-corrected chi connectivity index (χ1v) is 3.52. The summed E-state index contributed by atoms with van der Waals surface area (Å²) in [5.41, 5.74) is 1.16. The Morgan fingerprint density at radius 2 is 2.40 bits per heavy atom. The first kappa shape index (κ1) is 7.54. The maximum Gasteiger partial charge on any atom is 0.106 e. The summed E-state index contributed by atoms with van der Waals surface area (Å²) >= 11 is 0. The van der Waals surface area contributed by atoms with E-state index in [9.17, 15) is 0 Å². The van der Waals surface area contributed by atoms with Gasteiger partial charge in [0.1, 0.15) is 7.11 Å². The molecular formula is C7H14N2O. The molecule has 0 radical (unpaired) electrons. The molecule has 1 heterocycles. The number of nitrogens with zero attached hydrogens (tertiary/aromatic N) is 2. The number of rotatable bonds is 1. The van der Waals surface area contributed by atoms with Crippen LogP contribution in [0.5, 0.6) is 0 Å². The van der Waals surface area contributed by atoms with Gasteiger partial charge < -0.3 is 9.74 Å². The molecule has 1 atom stereocenters. The van der Waals surface area contributed by atoms with Crippen LogP contribution in [0.1, 0.15) is 6.92 Å². The zero-order valence-electron chi connectivity index (χ0n) is 6.79. The Bertz CT molecular complexity index is 145. The van der Waals surface area contributed by atoms with Gasteiger partial charge >= 0.3 is 0 Å². The average molecular weight is 142 g/mol. The molecule has 0 saturated carbocycles. The second kappa shape index (κ2) is 3.01. The predicted molar refractivity (Wildman–Crippen MR) is 41.1 cm³/mol. The summed E-state index contributed by atoms with van der Waals surface area (Å²) in [5.74, 6) is 0.560. The molecule has 10 heavy (non-hydrogen) atoms. The van der Waals surface area contributed by atoms with Crippen molar-refractivity contribution in [3.63, 3.8) is 0 Å². The summed E-state index contributed by atoms with van der Waals surface area (Å²) in [6.45, 7) is 4.22. The van der Waals surface area contributed by atoms with E-state index in [1.807, 2.05) is 0 Å². The van der Waals surface area contributed by atoms with Gasteiger partial charge in [-0.15, -0.1) is 0 Å². The van der Waals surface area contributed by atoms with Crippen molar-refractivity contribution >= 4 is 5.71 Å². The molecule has 1 fully saturated rings. The van der Waals surface area contributed by atoms with Crippen molar-refractivity contribution in [1.29, 1.82) is 0 Å². The molecule has 0 N–H and O–H groups in total. The molecule has 3 nitrogen and oxygen atoms in total. The van der Waals surface area contributed by atoms with Crippen molar-refractivity contribution in [2.45, 2.75) is 6.92 Å². The van der Waals surface area contributed by atoms with Gasteiger partial charge in [-0.2, -0.15) is 0 Å². The van der Waals surface area contributed by atoms with E-state index in [-0.39, 0.29) is 0 Å². The van der Waals surface area contributed by atoms with Crippen molar-refractivity contribution in [3.05, 3.63) is 0 Å². The van der Waals surface area contributed by atoms with Gasteiger partial charge in [0.2, 0.25) is 0 Å². The maximum atomic E-state index is 4.71. The van der Waals surface area contributed by atoms with Crippen LogP contribution in [0.2, 0.25) is 0 Å². The van der Waals surface area contributed by atoms with Crippen LogP contribution in [0.15, 0.2) is 5.16 Å². The molecule has 0 amide bonds. The number of hydrogen-bond acceptors (Lipinski definition) is 3. The Balaban J connectivity index is 2.54. The Morgan fingerprint density at radius 3 is 2.80 bits per heavy atom. The lowest BCUT2D eigenvalue weighted by atomic mass is 10.1. The highest BCUT2D eigenvalue weighted by molar-refractivity contribution is 5.89. The zero-order chi connectivity index (χ0) is 7.56. The first-order chi connectivity index (χ1) is 4.74. The van der Waals surface area contributed by atoms with Crippen LogP contribution in [0.25, 0.3) is 0 Å². The molecule has 58 valence electrons. The van der Waals surface area contributed by atoms with Crippen LogP contribution in [-0.2, 0) is 4.84 Å². The smallest absolute Gasteiger partial charge is 0.106 e. The van der Waals surface area contributed by atoms with Crippen molar-refractivity contribution < 1.29 is 4.84 Å². The monoisotopic (exact) mass is 142 g/mol. The highest BCUT2D eigenvalue weighted by Gasteiger charge is 2.22. The predicted octanol–water partition coefficient (Wildman–Crippen LogP) is 0.570. The van der Waals surface area contributed by atoms with Gasteiger partial charge in [-0.3, -0.25) is 0 Å². The Labute approximate surface area is 61.6 Å². The van der Waals surface area contributed by atoms with Gasteiger partial charge in [0.25, 0.3) is 0 Å². The Morgan fingerprint density at radius 1 is 1.70 bits per heavy atom. The SMILES string of the molecule is CO/N=C1\CN(C)CC1C. The number of likely N-dealkylation sites (tertiary alicyclic amines) is 1. The van der Waals surface area contributed by atoms with Crippen molar-refractivity contribution in [2.24, 2.45) is 11.1 Å². The molecule has 0 aromatic heterocycles. The van der Waals surface area contributed by atoms with E-state index >= 15 is 0 Å². The van der Waals surface area contributed by atoms with Gasteiger partial charge in [-0.1, -0.05) is 12.1 Å². The van der Waals surface area contributed by atoms with E-state index in [0.717, 1.165) is 18.8 Å². The van der Waals surface area contributed by atoms with Crippen LogP contribution in [0, 0.1) is 5.92 Å². The van der Waals surface area contributed by atoms with Crippen molar-refractivity contribution in [1.82, 2.24) is 4.90 Å². The summed E-state index contributed by atoms with van der Waals surface area (Å²) < 4.78 is 0. The molecule has 0 aromatic carbocycles. The third-order valence-corrected chi connectivity index (χ3v) is 1.79. The van der Waals surface area contributed by atoms with Crippen molar-refractivity contribution in [2.75, 3.05) is 27.2 Å². The lowest BCUT2D eigenvalue weighted by molar-refractivity contribution is 0.211. The highest BCUT2D eigenvalue weighted by atomic mass is 16.6. The van der Waals surface area contributed by atoms with Gasteiger partial charge in [0.15, 0.2) is 0 Å². The third-order valence-electron chi connectivity index (χ3n) is 1.79. The molecule has 0 aromatic rings. The van der Waals surface area contributed by atoms with E-state index in [4.69, 9.17) is 4.84 Å². The second-order valence-corrected chi connectivity index (χ2v) is 2.86. The summed E-state index contributed by atoms with van der Waals surface area (Å²) in [5, 5.41) is 3.93. The van der Waals surface area contributed by atoms with Crippen LogP contribution >= 0.6 is 0 Å². The molecule has 1 unspecified atom stereocenters. The molecule has 1 aliphatic rings. The molecule has 0 bridgehead atoms. The maximum absolute atomic E-state index is 4.71. The van der Waals surface area contributed by atoms with E-state index < -0.39 is 0 Å². The topological polar surface area (TPSA) is 24.8 Å². The minimum Gasteiger partial charge on any atom is -0.399 e. The largest absolute Gasteiger partial charge is 0.399 e. The zero-order valence-corrected chi connectivity index (χ0v) is 6.79. The van der Waals surface area contributed by atoms with Gasteiger partial charge in [-0.25, -0.2) is 0 Å². The average Bonchev–Trinajstić information content (AvgIpc) is 2.13. The molecule has 1 rings (SSSR count). The lowest BCUT2D eigenvalue weighted by Crippen LogP contribution is -2.13. The quantitative estimate of drug-likeness (QED) is 0.500. The van der Waals surface area contributed by atoms with Crippen LogP contribution in [0.4, 0.5) is 0 Å². The van der Waals surface area contributed by atoms with Crippen LogP contribution in [-0.4, -0.2) is 37.9 Å². The van der Waals surface area contributed by atoms with Gasteiger partial charge in [-0.05, 0) is 7.05 Å². The van der Waals surface area contributed by atoms with E-state index in [1.165, 1.54) is 0 Å². The number of oxime groups is 1. The molecule has 1 aliphatic heterocycles. The minimum atomic E-state index is 0.560. The second-order valence-electron chi connectivity index (χ2n) is 2.86. The lowest BCUT2D eigenvalue weighted by Gasteiger charge is -2.02. The molecule has 0 aliphatic carbocycles. The fourth-order valence-corrected chi connectivity index (χ4v) is 1.31. The van der Waals surface area contributed by atoms with Gasteiger partial charge in [0.05, 0.1) is 5.71 Å². The van der Waals surface area contributed by atoms with Crippen molar-refractivity contribution in [3.8, 4) is 0 Å². The molecule has 0 spiro atoms. The summed E-state index contributed by atoms with van der Waals surface area (Å²) in [6, 6.07) is 0. The molecule has 3 heteroatoms. The Hall–Kier alpha value is -0.570. The minimum absolute atomic E-state index is 0.560. The van der Waals surface area contributed by atoms with E-state index in [0.29, 0.717) is 5.92 Å². The fourth-order valence-electron chi connectivity index (χ4n) is 1.31. The van der Waals surface area contributed by atoms with Crippen LogP contribution < -0.4 is 0 Å². The van der Waals surface area contributed by atoms with E-state index in [1.54, 1.807) is 7.11 Å². The highest BCUT2D eigenvalue weighted by Crippen LogP contribution is 2.10. The standard InChI is InChI=1S/C7H14N2O/c1-6-4-9(2)5-7(6)8-10-3/h6H,4-5H2,1-3H3/b8-7+. The van der Waals surface area contributed by atoms with Crippen LogP contribution in [0.3, 0.4) is 0 Å². The summed E-state index contributed by atoms with van der Waals surface area (Å²) in [6.07, 6.45) is 0. The normalized spacial score (nSPS) is 31.5.